The molecule has 2 rings (SSSR count). The Bertz CT molecular complexity index is 516. The number of nitrogens with one attached hydrogen (secondary N) is 1. The highest BCUT2D eigenvalue weighted by atomic mass is 16.5. The molecule has 0 aliphatic heterocycles. The Labute approximate surface area is 121 Å². The average molecular weight is 273 g/mol. The van der Waals surface area contributed by atoms with Crippen molar-refractivity contribution >= 4 is 0 Å². The molecule has 1 unspecified atom stereocenters. The molecule has 0 radical (unpaired) electrons. The molecular formula is C17H23NO2. The highest BCUT2D eigenvalue weighted by molar-refractivity contribution is 5.29. The van der Waals surface area contributed by atoms with Crippen LogP contribution in [0.1, 0.15) is 43.1 Å². The molecule has 1 atom stereocenters. The number of ether oxygens (including phenoxy) is 1. The first-order valence-electron chi connectivity index (χ1n) is 7.16. The summed E-state index contributed by atoms with van der Waals surface area (Å²) < 4.78 is 11.2. The first kappa shape index (κ1) is 14.7. The molecule has 3 nitrogen and oxygen atoms in total. The van der Waals surface area contributed by atoms with Gasteiger partial charge in [0.05, 0.1) is 6.26 Å². The third kappa shape index (κ3) is 3.87. The number of benzene rings is 1. The third-order valence-electron chi connectivity index (χ3n) is 3.53. The van der Waals surface area contributed by atoms with Crippen LogP contribution in [0, 0.1) is 0 Å². The maximum atomic E-state index is 5.74. The Morgan fingerprint density at radius 2 is 2.00 bits per heavy atom. The van der Waals surface area contributed by atoms with E-state index in [0.717, 1.165) is 30.0 Å². The van der Waals surface area contributed by atoms with Gasteiger partial charge in [-0.25, -0.2) is 0 Å². The normalized spacial score (nSPS) is 12.3. The van der Waals surface area contributed by atoms with Gasteiger partial charge >= 0.3 is 0 Å². The van der Waals surface area contributed by atoms with Crippen molar-refractivity contribution in [2.75, 3.05) is 7.05 Å². The fraction of sp³-hybridized carbons (Fsp3) is 0.412. The summed E-state index contributed by atoms with van der Waals surface area (Å²) in [6.07, 6.45) is 2.92. The molecule has 3 heteroatoms. The molecular weight excluding hydrogens is 250 g/mol. The van der Waals surface area contributed by atoms with Gasteiger partial charge in [-0.2, -0.15) is 0 Å². The van der Waals surface area contributed by atoms with Crippen LogP contribution in [0.15, 0.2) is 41.0 Å². The summed E-state index contributed by atoms with van der Waals surface area (Å²) in [4.78, 5) is 0. The van der Waals surface area contributed by atoms with Gasteiger partial charge in [0.1, 0.15) is 18.1 Å². The monoisotopic (exact) mass is 273 g/mol. The molecule has 1 aromatic carbocycles. The van der Waals surface area contributed by atoms with Crippen molar-refractivity contribution in [1.29, 1.82) is 0 Å². The lowest BCUT2D eigenvalue weighted by Crippen LogP contribution is -2.03. The quantitative estimate of drug-likeness (QED) is 0.825. The van der Waals surface area contributed by atoms with Gasteiger partial charge in [-0.05, 0) is 43.1 Å². The van der Waals surface area contributed by atoms with E-state index in [-0.39, 0.29) is 0 Å². The molecule has 1 heterocycles. The van der Waals surface area contributed by atoms with Crippen LogP contribution in [-0.4, -0.2) is 7.05 Å². The van der Waals surface area contributed by atoms with E-state index in [1.165, 1.54) is 5.56 Å². The zero-order valence-corrected chi connectivity index (χ0v) is 12.5. The van der Waals surface area contributed by atoms with Crippen LogP contribution in [-0.2, 0) is 13.2 Å². The van der Waals surface area contributed by atoms with Crippen LogP contribution >= 0.6 is 0 Å². The zero-order chi connectivity index (χ0) is 14.4. The molecule has 0 spiro atoms. The lowest BCUT2D eigenvalue weighted by Gasteiger charge is -2.10. The molecule has 1 aromatic heterocycles. The molecule has 0 aliphatic carbocycles. The summed E-state index contributed by atoms with van der Waals surface area (Å²) in [5.41, 5.74) is 2.49. The van der Waals surface area contributed by atoms with Crippen LogP contribution in [0.2, 0.25) is 0 Å². The molecule has 0 saturated heterocycles. The van der Waals surface area contributed by atoms with Crippen LogP contribution in [0.3, 0.4) is 0 Å². The fourth-order valence-electron chi connectivity index (χ4n) is 2.08. The molecule has 0 fully saturated rings. The molecule has 20 heavy (non-hydrogen) atoms. The SMILES string of the molecule is CCC(C)c1ccc(OCc2cc(CNC)co2)cc1. The van der Waals surface area contributed by atoms with Gasteiger partial charge in [-0.1, -0.05) is 26.0 Å². The van der Waals surface area contributed by atoms with Crippen molar-refractivity contribution in [3.63, 3.8) is 0 Å². The van der Waals surface area contributed by atoms with Crippen LogP contribution in [0.4, 0.5) is 0 Å². The third-order valence-corrected chi connectivity index (χ3v) is 3.53. The average Bonchev–Trinajstić information content (AvgIpc) is 2.93. The minimum absolute atomic E-state index is 0.465. The number of hydrogen-bond donors (Lipinski definition) is 1. The van der Waals surface area contributed by atoms with Gasteiger partial charge in [-0.15, -0.1) is 0 Å². The molecule has 0 bridgehead atoms. The topological polar surface area (TPSA) is 34.4 Å². The van der Waals surface area contributed by atoms with E-state index in [1.54, 1.807) is 6.26 Å². The van der Waals surface area contributed by atoms with Crippen LogP contribution in [0.5, 0.6) is 5.75 Å². The van der Waals surface area contributed by atoms with Crippen molar-refractivity contribution in [2.45, 2.75) is 39.3 Å². The van der Waals surface area contributed by atoms with E-state index >= 15 is 0 Å². The van der Waals surface area contributed by atoms with Gasteiger partial charge in [-0.3, -0.25) is 0 Å². The maximum absolute atomic E-state index is 5.74. The Kier molecular flexibility index (Phi) is 5.24. The molecule has 1 N–H and O–H groups in total. The van der Waals surface area contributed by atoms with Gasteiger partial charge in [0.2, 0.25) is 0 Å². The van der Waals surface area contributed by atoms with E-state index < -0.39 is 0 Å². The highest BCUT2D eigenvalue weighted by Crippen LogP contribution is 2.22. The first-order chi connectivity index (χ1) is 9.72. The van der Waals surface area contributed by atoms with Crippen molar-refractivity contribution in [3.05, 3.63) is 53.5 Å². The van der Waals surface area contributed by atoms with Gasteiger partial charge in [0, 0.05) is 12.1 Å². The predicted molar refractivity (Wildman–Crippen MR) is 81.0 cm³/mol. The van der Waals surface area contributed by atoms with Crippen molar-refractivity contribution < 1.29 is 9.15 Å². The van der Waals surface area contributed by atoms with Gasteiger partial charge in [0.15, 0.2) is 0 Å². The van der Waals surface area contributed by atoms with Crippen LogP contribution < -0.4 is 10.1 Å². The number of rotatable bonds is 7. The lowest BCUT2D eigenvalue weighted by molar-refractivity contribution is 0.270. The first-order valence-corrected chi connectivity index (χ1v) is 7.16. The molecule has 0 saturated carbocycles. The Morgan fingerprint density at radius 1 is 1.25 bits per heavy atom. The minimum atomic E-state index is 0.465. The maximum Gasteiger partial charge on any atom is 0.146 e. The largest absolute Gasteiger partial charge is 0.486 e. The second-order valence-electron chi connectivity index (χ2n) is 5.12. The summed E-state index contributed by atoms with van der Waals surface area (Å²) in [5, 5.41) is 3.09. The van der Waals surface area contributed by atoms with E-state index in [1.807, 2.05) is 25.2 Å². The Hall–Kier alpha value is -1.74. The van der Waals surface area contributed by atoms with Gasteiger partial charge < -0.3 is 14.5 Å². The summed E-state index contributed by atoms with van der Waals surface area (Å²) >= 11 is 0. The molecule has 0 aliphatic rings. The summed E-state index contributed by atoms with van der Waals surface area (Å²) in [5.74, 6) is 2.32. The predicted octanol–water partition coefficient (Wildman–Crippen LogP) is 4.09. The standard InChI is InChI=1S/C17H23NO2/c1-4-13(2)15-5-7-16(8-6-15)20-12-17-9-14(10-18-3)11-19-17/h5-9,11,13,18H,4,10,12H2,1-3H3. The molecule has 2 aromatic rings. The summed E-state index contributed by atoms with van der Waals surface area (Å²) in [6.45, 7) is 5.72. The second kappa shape index (κ2) is 7.15. The smallest absolute Gasteiger partial charge is 0.146 e. The van der Waals surface area contributed by atoms with E-state index in [9.17, 15) is 0 Å². The molecule has 0 amide bonds. The highest BCUT2D eigenvalue weighted by Gasteiger charge is 2.05. The van der Waals surface area contributed by atoms with E-state index in [0.29, 0.717) is 12.5 Å². The number of hydrogen-bond acceptors (Lipinski definition) is 3. The minimum Gasteiger partial charge on any atom is -0.486 e. The summed E-state index contributed by atoms with van der Waals surface area (Å²) in [7, 11) is 1.92. The Balaban J connectivity index is 1.89. The van der Waals surface area contributed by atoms with Crippen molar-refractivity contribution in [1.82, 2.24) is 5.32 Å². The van der Waals surface area contributed by atoms with Gasteiger partial charge in [0.25, 0.3) is 0 Å². The van der Waals surface area contributed by atoms with E-state index in [2.05, 4.69) is 31.3 Å². The number of furan rings is 1. The molecule has 108 valence electrons. The lowest BCUT2D eigenvalue weighted by atomic mass is 9.99. The van der Waals surface area contributed by atoms with Crippen molar-refractivity contribution in [3.8, 4) is 5.75 Å². The second-order valence-corrected chi connectivity index (χ2v) is 5.12. The fourth-order valence-corrected chi connectivity index (χ4v) is 2.08. The van der Waals surface area contributed by atoms with E-state index in [4.69, 9.17) is 9.15 Å². The van der Waals surface area contributed by atoms with Crippen molar-refractivity contribution in [2.24, 2.45) is 0 Å². The van der Waals surface area contributed by atoms with Crippen LogP contribution in [0.25, 0.3) is 0 Å². The Morgan fingerprint density at radius 3 is 2.65 bits per heavy atom. The summed E-state index contributed by atoms with van der Waals surface area (Å²) in [6, 6.07) is 10.3. The zero-order valence-electron chi connectivity index (χ0n) is 12.5.